The molecule has 0 aliphatic heterocycles. The van der Waals surface area contributed by atoms with Crippen LogP contribution < -0.4 is 15.8 Å². The lowest BCUT2D eigenvalue weighted by atomic mass is 9.95. The van der Waals surface area contributed by atoms with E-state index in [-0.39, 0.29) is 12.5 Å². The second-order valence-electron chi connectivity index (χ2n) is 6.96. The molecule has 1 aromatic heterocycles. The predicted octanol–water partition coefficient (Wildman–Crippen LogP) is 4.26. The molecule has 0 saturated carbocycles. The Morgan fingerprint density at radius 1 is 1.26 bits per heavy atom. The molecule has 3 rings (SSSR count). The second-order valence-corrected chi connectivity index (χ2v) is 8.07. The molecule has 3 N–H and O–H groups in total. The number of rotatable bonds is 7. The lowest BCUT2D eigenvalue weighted by Crippen LogP contribution is -2.22. The fraction of sp³-hybridized carbons (Fsp3) is 0.429. The second kappa shape index (κ2) is 8.57. The third-order valence-electron chi connectivity index (χ3n) is 5.09. The predicted molar refractivity (Wildman–Crippen MR) is 109 cm³/mol. The van der Waals surface area contributed by atoms with Crippen LogP contribution in [0.5, 0.6) is 5.75 Å². The minimum Gasteiger partial charge on any atom is -0.483 e. The first-order chi connectivity index (χ1) is 13.0. The molecule has 2 aromatic rings. The van der Waals surface area contributed by atoms with Crippen LogP contribution in [0, 0.1) is 0 Å². The number of carbonyl (C=O) groups excluding carboxylic acids is 2. The topological polar surface area (TPSA) is 81.4 Å². The number of aryl methyl sites for hydroxylation is 1. The Kier molecular flexibility index (Phi) is 6.16. The van der Waals surface area contributed by atoms with E-state index in [1.165, 1.54) is 11.3 Å². The number of primary amides is 1. The molecule has 0 fully saturated rings. The van der Waals surface area contributed by atoms with E-state index in [9.17, 15) is 9.59 Å². The van der Waals surface area contributed by atoms with Crippen molar-refractivity contribution in [1.29, 1.82) is 0 Å². The largest absolute Gasteiger partial charge is 0.483 e. The van der Waals surface area contributed by atoms with Crippen molar-refractivity contribution in [3.8, 4) is 5.75 Å². The number of fused-ring (bicyclic) bond motifs is 1. The molecule has 1 aromatic carbocycles. The van der Waals surface area contributed by atoms with E-state index in [2.05, 4.69) is 19.2 Å². The van der Waals surface area contributed by atoms with E-state index >= 15 is 0 Å². The number of carbonyl (C=O) groups is 2. The van der Waals surface area contributed by atoms with Crippen LogP contribution in [0.15, 0.2) is 24.3 Å². The van der Waals surface area contributed by atoms with Gasteiger partial charge in [0.25, 0.3) is 11.8 Å². The maximum absolute atomic E-state index is 12.4. The molecule has 1 atom stereocenters. The zero-order valence-electron chi connectivity index (χ0n) is 15.8. The van der Waals surface area contributed by atoms with Gasteiger partial charge in [-0.2, -0.15) is 0 Å². The Labute approximate surface area is 163 Å². The van der Waals surface area contributed by atoms with Crippen LogP contribution in [0.25, 0.3) is 0 Å². The fourth-order valence-corrected chi connectivity index (χ4v) is 4.77. The van der Waals surface area contributed by atoms with Crippen molar-refractivity contribution in [2.75, 3.05) is 11.9 Å². The Morgan fingerprint density at radius 2 is 2.00 bits per heavy atom. The van der Waals surface area contributed by atoms with Gasteiger partial charge in [0.15, 0.2) is 6.61 Å². The van der Waals surface area contributed by atoms with Crippen LogP contribution >= 0.6 is 11.3 Å². The van der Waals surface area contributed by atoms with E-state index in [0.29, 0.717) is 16.5 Å². The van der Waals surface area contributed by atoms with Gasteiger partial charge in [0.05, 0.1) is 5.56 Å². The highest BCUT2D eigenvalue weighted by atomic mass is 32.1. The molecule has 0 spiro atoms. The van der Waals surface area contributed by atoms with Crippen molar-refractivity contribution in [3.05, 3.63) is 45.8 Å². The van der Waals surface area contributed by atoms with Gasteiger partial charge in [-0.05, 0) is 55.2 Å². The summed E-state index contributed by atoms with van der Waals surface area (Å²) in [6.07, 6.45) is 4.94. The van der Waals surface area contributed by atoms with E-state index in [1.54, 1.807) is 0 Å². The summed E-state index contributed by atoms with van der Waals surface area (Å²) < 4.78 is 5.77. The zero-order chi connectivity index (χ0) is 19.4. The molecule has 144 valence electrons. The number of nitrogens with one attached hydrogen (secondary N) is 1. The number of nitrogens with two attached hydrogens (primary N) is 1. The van der Waals surface area contributed by atoms with Gasteiger partial charge in [0, 0.05) is 4.88 Å². The molecule has 6 heteroatoms. The van der Waals surface area contributed by atoms with Crippen molar-refractivity contribution in [3.63, 3.8) is 0 Å². The summed E-state index contributed by atoms with van der Waals surface area (Å²) in [6, 6.07) is 7.79. The number of amides is 2. The first kappa shape index (κ1) is 19.4. The van der Waals surface area contributed by atoms with Gasteiger partial charge in [-0.15, -0.1) is 11.3 Å². The third-order valence-corrected chi connectivity index (χ3v) is 6.30. The van der Waals surface area contributed by atoms with Crippen molar-refractivity contribution < 1.29 is 14.3 Å². The lowest BCUT2D eigenvalue weighted by molar-refractivity contribution is -0.118. The molecular weight excluding hydrogens is 360 g/mol. The zero-order valence-corrected chi connectivity index (χ0v) is 16.7. The number of para-hydroxylation sites is 1. The summed E-state index contributed by atoms with van der Waals surface area (Å²) in [5.41, 5.74) is 8.16. The first-order valence-electron chi connectivity index (χ1n) is 9.47. The SMILES string of the molecule is CC[C@H](C)c1ccccc1OCC(=O)Nc1sc2c(c1C(N)=O)CCCC2. The summed E-state index contributed by atoms with van der Waals surface area (Å²) in [5.74, 6) is 0.320. The number of hydrogen-bond acceptors (Lipinski definition) is 4. The van der Waals surface area contributed by atoms with Gasteiger partial charge in [-0.3, -0.25) is 9.59 Å². The maximum Gasteiger partial charge on any atom is 0.262 e. The first-order valence-corrected chi connectivity index (χ1v) is 10.3. The van der Waals surface area contributed by atoms with Crippen molar-refractivity contribution in [2.24, 2.45) is 5.73 Å². The molecule has 5 nitrogen and oxygen atoms in total. The molecule has 1 aliphatic carbocycles. The number of thiophene rings is 1. The molecule has 0 saturated heterocycles. The summed E-state index contributed by atoms with van der Waals surface area (Å²) in [5, 5.41) is 3.39. The van der Waals surface area contributed by atoms with E-state index < -0.39 is 5.91 Å². The highest BCUT2D eigenvalue weighted by Gasteiger charge is 2.25. The average Bonchev–Trinajstić information content (AvgIpc) is 3.03. The Balaban J connectivity index is 1.71. The summed E-state index contributed by atoms with van der Waals surface area (Å²) in [6.45, 7) is 4.16. The highest BCUT2D eigenvalue weighted by Crippen LogP contribution is 2.38. The van der Waals surface area contributed by atoms with Crippen molar-refractivity contribution in [2.45, 2.75) is 51.9 Å². The van der Waals surface area contributed by atoms with Crippen LogP contribution in [0.4, 0.5) is 5.00 Å². The van der Waals surface area contributed by atoms with Crippen molar-refractivity contribution >= 4 is 28.2 Å². The molecule has 1 heterocycles. The number of hydrogen-bond donors (Lipinski definition) is 2. The van der Waals surface area contributed by atoms with Crippen LogP contribution in [0.3, 0.4) is 0 Å². The molecule has 0 unspecified atom stereocenters. The number of ether oxygens (including phenoxy) is 1. The average molecular weight is 387 g/mol. The van der Waals surface area contributed by atoms with Gasteiger partial charge in [0.1, 0.15) is 10.8 Å². The van der Waals surface area contributed by atoms with Crippen LogP contribution in [0.1, 0.15) is 65.4 Å². The molecular formula is C21H26N2O3S. The Hall–Kier alpha value is -2.34. The maximum atomic E-state index is 12.4. The van der Waals surface area contributed by atoms with Crippen LogP contribution in [-0.2, 0) is 17.6 Å². The van der Waals surface area contributed by atoms with Gasteiger partial charge < -0.3 is 15.8 Å². The van der Waals surface area contributed by atoms with E-state index in [0.717, 1.165) is 53.9 Å². The molecule has 2 amide bonds. The molecule has 0 radical (unpaired) electrons. The van der Waals surface area contributed by atoms with Gasteiger partial charge >= 0.3 is 0 Å². The normalized spacial score (nSPS) is 14.3. The minimum absolute atomic E-state index is 0.103. The van der Waals surface area contributed by atoms with E-state index in [1.807, 2.05) is 24.3 Å². The Bertz CT molecular complexity index is 844. The quantitative estimate of drug-likeness (QED) is 0.746. The lowest BCUT2D eigenvalue weighted by Gasteiger charge is -2.15. The summed E-state index contributed by atoms with van der Waals surface area (Å²) in [7, 11) is 0. The van der Waals surface area contributed by atoms with E-state index in [4.69, 9.17) is 10.5 Å². The smallest absolute Gasteiger partial charge is 0.262 e. The van der Waals surface area contributed by atoms with Gasteiger partial charge in [-0.1, -0.05) is 32.0 Å². The van der Waals surface area contributed by atoms with Gasteiger partial charge in [0.2, 0.25) is 0 Å². The summed E-state index contributed by atoms with van der Waals surface area (Å²) in [4.78, 5) is 25.5. The molecule has 1 aliphatic rings. The van der Waals surface area contributed by atoms with Crippen LogP contribution in [-0.4, -0.2) is 18.4 Å². The fourth-order valence-electron chi connectivity index (χ4n) is 3.46. The Morgan fingerprint density at radius 3 is 2.74 bits per heavy atom. The minimum atomic E-state index is -0.479. The molecule has 0 bridgehead atoms. The van der Waals surface area contributed by atoms with Crippen LogP contribution in [0.2, 0.25) is 0 Å². The highest BCUT2D eigenvalue weighted by molar-refractivity contribution is 7.17. The molecule has 27 heavy (non-hydrogen) atoms. The van der Waals surface area contributed by atoms with Gasteiger partial charge in [-0.25, -0.2) is 0 Å². The number of anilines is 1. The van der Waals surface area contributed by atoms with Crippen molar-refractivity contribution in [1.82, 2.24) is 0 Å². The standard InChI is InChI=1S/C21H26N2O3S/c1-3-13(2)14-8-4-6-10-16(14)26-12-18(24)23-21-19(20(22)25)15-9-5-7-11-17(15)27-21/h4,6,8,10,13H,3,5,7,9,11-12H2,1-2H3,(H2,22,25)(H,23,24)/t13-/m0/s1. The number of benzene rings is 1. The monoisotopic (exact) mass is 386 g/mol. The third kappa shape index (κ3) is 4.33. The summed E-state index contributed by atoms with van der Waals surface area (Å²) >= 11 is 1.46.